The van der Waals surface area contributed by atoms with E-state index in [0.717, 1.165) is 11.1 Å². The van der Waals surface area contributed by atoms with Crippen molar-refractivity contribution in [2.45, 2.75) is 6.04 Å². The molecule has 0 aliphatic rings. The Labute approximate surface area is 132 Å². The van der Waals surface area contributed by atoms with Crippen LogP contribution in [-0.4, -0.2) is 35.4 Å². The van der Waals surface area contributed by atoms with Crippen LogP contribution in [0.1, 0.15) is 10.4 Å². The van der Waals surface area contributed by atoms with Gasteiger partial charge in [-0.25, -0.2) is 0 Å². The monoisotopic (exact) mass is 312 g/mol. The smallest absolute Gasteiger partial charge is 0.252 e. The molecule has 0 aliphatic carbocycles. The molecule has 0 fully saturated rings. The summed E-state index contributed by atoms with van der Waals surface area (Å²) in [7, 11) is 0. The molecule has 0 aromatic heterocycles. The van der Waals surface area contributed by atoms with Crippen molar-refractivity contribution in [2.24, 2.45) is 5.73 Å². The number of hydrogen-bond donors (Lipinski definition) is 3. The highest BCUT2D eigenvalue weighted by Gasteiger charge is 2.25. The van der Waals surface area contributed by atoms with Gasteiger partial charge in [0.25, 0.3) is 5.91 Å². The number of hydrogen-bond acceptors (Lipinski definition) is 4. The van der Waals surface area contributed by atoms with Gasteiger partial charge >= 0.3 is 0 Å². The van der Waals surface area contributed by atoms with Gasteiger partial charge in [0.2, 0.25) is 5.91 Å². The van der Waals surface area contributed by atoms with Crippen LogP contribution in [0.25, 0.3) is 11.1 Å². The number of Topliss-reactive ketones (excluding diaryl/α,β-unsaturated/α-hetero) is 1. The summed E-state index contributed by atoms with van der Waals surface area (Å²) >= 11 is 0. The van der Waals surface area contributed by atoms with E-state index >= 15 is 0 Å². The van der Waals surface area contributed by atoms with Gasteiger partial charge in [-0.3, -0.25) is 14.4 Å². The first-order valence-corrected chi connectivity index (χ1v) is 6.92. The highest BCUT2D eigenvalue weighted by atomic mass is 16.3. The van der Waals surface area contributed by atoms with E-state index in [1.54, 1.807) is 24.3 Å². The average Bonchev–Trinajstić information content (AvgIpc) is 2.59. The second kappa shape index (κ2) is 7.33. The molecule has 0 aliphatic heterocycles. The Kier molecular flexibility index (Phi) is 5.22. The first kappa shape index (κ1) is 16.4. The van der Waals surface area contributed by atoms with Gasteiger partial charge in [-0.2, -0.15) is 0 Å². The Morgan fingerprint density at radius 2 is 1.52 bits per heavy atom. The summed E-state index contributed by atoms with van der Waals surface area (Å²) in [6, 6.07) is 14.8. The summed E-state index contributed by atoms with van der Waals surface area (Å²) in [6.45, 7) is -0.874. The van der Waals surface area contributed by atoms with E-state index < -0.39 is 30.2 Å². The molecule has 2 aromatic carbocycles. The van der Waals surface area contributed by atoms with E-state index in [2.05, 4.69) is 5.32 Å². The lowest BCUT2D eigenvalue weighted by Crippen LogP contribution is -2.50. The number of benzene rings is 2. The van der Waals surface area contributed by atoms with Crippen molar-refractivity contribution in [3.63, 3.8) is 0 Å². The first-order chi connectivity index (χ1) is 11.0. The van der Waals surface area contributed by atoms with E-state index in [9.17, 15) is 14.4 Å². The number of carbonyl (C=O) groups is 3. The largest absolute Gasteiger partial charge is 0.388 e. The quantitative estimate of drug-likeness (QED) is 0.675. The molecule has 0 saturated carbocycles. The van der Waals surface area contributed by atoms with Gasteiger partial charge in [0.15, 0.2) is 11.8 Å². The number of nitrogens with two attached hydrogens (primary N) is 1. The van der Waals surface area contributed by atoms with Crippen LogP contribution in [0.5, 0.6) is 0 Å². The summed E-state index contributed by atoms with van der Waals surface area (Å²) in [4.78, 5) is 34.7. The van der Waals surface area contributed by atoms with Crippen LogP contribution in [0.2, 0.25) is 0 Å². The van der Waals surface area contributed by atoms with Gasteiger partial charge < -0.3 is 16.2 Å². The van der Waals surface area contributed by atoms with E-state index in [1.807, 2.05) is 30.3 Å². The molecule has 1 atom stereocenters. The van der Waals surface area contributed by atoms with Crippen LogP contribution in [0.4, 0.5) is 0 Å². The molecule has 2 amide bonds. The molecule has 2 aromatic rings. The Balaban J connectivity index is 2.14. The lowest BCUT2D eigenvalue weighted by atomic mass is 10.0. The van der Waals surface area contributed by atoms with Crippen LogP contribution < -0.4 is 11.1 Å². The molecule has 0 radical (unpaired) electrons. The molecule has 1 unspecified atom stereocenters. The second-order valence-corrected chi connectivity index (χ2v) is 4.88. The van der Waals surface area contributed by atoms with Gasteiger partial charge in [-0.05, 0) is 23.3 Å². The molecule has 2 rings (SSSR count). The van der Waals surface area contributed by atoms with E-state index in [-0.39, 0.29) is 5.56 Å². The van der Waals surface area contributed by atoms with Crippen molar-refractivity contribution >= 4 is 17.6 Å². The van der Waals surface area contributed by atoms with Gasteiger partial charge in [0, 0.05) is 5.56 Å². The molecule has 0 heterocycles. The van der Waals surface area contributed by atoms with Crippen molar-refractivity contribution in [2.75, 3.05) is 6.61 Å². The lowest BCUT2D eigenvalue weighted by molar-refractivity contribution is -0.130. The standard InChI is InChI=1S/C17H16N2O4/c18-16(22)15(14(21)10-20)19-17(23)13-8-6-12(7-9-13)11-4-2-1-3-5-11/h1-9,15,20H,10H2,(H2,18,22)(H,19,23). The van der Waals surface area contributed by atoms with Crippen LogP contribution in [-0.2, 0) is 9.59 Å². The number of nitrogens with one attached hydrogen (secondary N) is 1. The molecular weight excluding hydrogens is 296 g/mol. The topological polar surface area (TPSA) is 109 Å². The number of aliphatic hydroxyl groups is 1. The molecule has 0 bridgehead atoms. The maximum atomic E-state index is 12.1. The van der Waals surface area contributed by atoms with Gasteiger partial charge in [-0.15, -0.1) is 0 Å². The Hall–Kier alpha value is -2.99. The molecule has 23 heavy (non-hydrogen) atoms. The maximum Gasteiger partial charge on any atom is 0.252 e. The molecule has 0 spiro atoms. The Morgan fingerprint density at radius 1 is 0.957 bits per heavy atom. The highest BCUT2D eigenvalue weighted by molar-refractivity contribution is 6.09. The number of primary amides is 1. The van der Waals surface area contributed by atoms with Crippen molar-refractivity contribution in [3.05, 3.63) is 60.2 Å². The second-order valence-electron chi connectivity index (χ2n) is 4.88. The number of aliphatic hydroxyl groups excluding tert-OH is 1. The average molecular weight is 312 g/mol. The zero-order valence-corrected chi connectivity index (χ0v) is 12.2. The molecule has 0 saturated heterocycles. The molecule has 6 heteroatoms. The molecule has 4 N–H and O–H groups in total. The normalized spacial score (nSPS) is 11.5. The fourth-order valence-electron chi connectivity index (χ4n) is 2.06. The van der Waals surface area contributed by atoms with Gasteiger partial charge in [0.1, 0.15) is 6.61 Å². The molecule has 118 valence electrons. The lowest BCUT2D eigenvalue weighted by Gasteiger charge is -2.13. The number of rotatable bonds is 6. The predicted molar refractivity (Wildman–Crippen MR) is 84.4 cm³/mol. The number of amides is 2. The maximum absolute atomic E-state index is 12.1. The Bertz CT molecular complexity index is 711. The molecule has 6 nitrogen and oxygen atoms in total. The van der Waals surface area contributed by atoms with Crippen LogP contribution in [0.15, 0.2) is 54.6 Å². The fraction of sp³-hybridized carbons (Fsp3) is 0.118. The third-order valence-corrected chi connectivity index (χ3v) is 3.29. The van der Waals surface area contributed by atoms with E-state index in [0.29, 0.717) is 0 Å². The summed E-state index contributed by atoms with van der Waals surface area (Å²) in [5, 5.41) is 11.0. The van der Waals surface area contributed by atoms with Crippen LogP contribution in [0.3, 0.4) is 0 Å². The summed E-state index contributed by atoms with van der Waals surface area (Å²) in [5.74, 6) is -2.49. The van der Waals surface area contributed by atoms with Gasteiger partial charge in [0.05, 0.1) is 0 Å². The van der Waals surface area contributed by atoms with E-state index in [4.69, 9.17) is 10.8 Å². The van der Waals surface area contributed by atoms with Gasteiger partial charge in [-0.1, -0.05) is 42.5 Å². The number of ketones is 1. The van der Waals surface area contributed by atoms with Crippen molar-refractivity contribution in [3.8, 4) is 11.1 Å². The van der Waals surface area contributed by atoms with E-state index in [1.165, 1.54) is 0 Å². The first-order valence-electron chi connectivity index (χ1n) is 6.92. The molecular formula is C17H16N2O4. The summed E-state index contributed by atoms with van der Waals surface area (Å²) in [5.41, 5.74) is 7.27. The summed E-state index contributed by atoms with van der Waals surface area (Å²) < 4.78 is 0. The van der Waals surface area contributed by atoms with Crippen molar-refractivity contribution < 1.29 is 19.5 Å². The zero-order chi connectivity index (χ0) is 16.8. The minimum atomic E-state index is -1.54. The predicted octanol–water partition coefficient (Wildman–Crippen LogP) is 0.499. The summed E-state index contributed by atoms with van der Waals surface area (Å²) in [6.07, 6.45) is 0. The van der Waals surface area contributed by atoms with Crippen molar-refractivity contribution in [1.82, 2.24) is 5.32 Å². The minimum absolute atomic E-state index is 0.279. The minimum Gasteiger partial charge on any atom is -0.388 e. The fourth-order valence-corrected chi connectivity index (χ4v) is 2.06. The zero-order valence-electron chi connectivity index (χ0n) is 12.2. The Morgan fingerprint density at radius 3 is 2.04 bits per heavy atom. The van der Waals surface area contributed by atoms with Crippen LogP contribution in [0, 0.1) is 0 Å². The third kappa shape index (κ3) is 4.02. The van der Waals surface area contributed by atoms with Crippen LogP contribution >= 0.6 is 0 Å². The number of carbonyl (C=O) groups excluding carboxylic acids is 3. The third-order valence-electron chi connectivity index (χ3n) is 3.29. The van der Waals surface area contributed by atoms with Crippen molar-refractivity contribution in [1.29, 1.82) is 0 Å². The highest BCUT2D eigenvalue weighted by Crippen LogP contribution is 2.19. The SMILES string of the molecule is NC(=O)C(NC(=O)c1ccc(-c2ccccc2)cc1)C(=O)CO.